The van der Waals surface area contributed by atoms with Crippen molar-refractivity contribution in [3.63, 3.8) is 0 Å². The average Bonchev–Trinajstić information content (AvgIpc) is 2.86. The maximum absolute atomic E-state index is 12.9. The van der Waals surface area contributed by atoms with E-state index in [1.54, 1.807) is 13.0 Å². The molecule has 0 aliphatic heterocycles. The van der Waals surface area contributed by atoms with E-state index in [0.717, 1.165) is 6.07 Å². The quantitative estimate of drug-likeness (QED) is 0.265. The van der Waals surface area contributed by atoms with Crippen molar-refractivity contribution >= 4 is 39.7 Å². The summed E-state index contributed by atoms with van der Waals surface area (Å²) in [7, 11) is 5.62. The van der Waals surface area contributed by atoms with Gasteiger partial charge in [0.25, 0.3) is 5.56 Å². The Morgan fingerprint density at radius 2 is 1.55 bits per heavy atom. The SMILES string of the molecule is COc1cc2c(C)nc(Nc3nc4c(OC)ccc(OC(=O)C(F)(F)F)c4c(=O)[nH]3)nc2c(OC)c1OC. The minimum atomic E-state index is -5.27. The molecular formula is C23H20F3N5O7. The second-order valence-electron chi connectivity index (χ2n) is 7.59. The molecule has 2 heterocycles. The Morgan fingerprint density at radius 1 is 0.895 bits per heavy atom. The lowest BCUT2D eigenvalue weighted by Gasteiger charge is -2.16. The van der Waals surface area contributed by atoms with E-state index in [1.807, 2.05) is 0 Å². The van der Waals surface area contributed by atoms with Crippen molar-refractivity contribution in [1.82, 2.24) is 19.9 Å². The van der Waals surface area contributed by atoms with Gasteiger partial charge in [0.05, 0.1) is 34.1 Å². The Labute approximate surface area is 211 Å². The minimum absolute atomic E-state index is 0.00152. The van der Waals surface area contributed by atoms with Gasteiger partial charge >= 0.3 is 12.1 Å². The van der Waals surface area contributed by atoms with Gasteiger partial charge in [-0.25, -0.2) is 19.7 Å². The van der Waals surface area contributed by atoms with Crippen LogP contribution in [0, 0.1) is 6.92 Å². The third kappa shape index (κ3) is 4.65. The van der Waals surface area contributed by atoms with Crippen molar-refractivity contribution in [2.45, 2.75) is 13.1 Å². The summed E-state index contributed by atoms with van der Waals surface area (Å²) in [6.07, 6.45) is -5.27. The van der Waals surface area contributed by atoms with Crippen molar-refractivity contribution in [2.24, 2.45) is 0 Å². The van der Waals surface area contributed by atoms with E-state index in [9.17, 15) is 22.8 Å². The number of fused-ring (bicyclic) bond motifs is 2. The van der Waals surface area contributed by atoms with Crippen molar-refractivity contribution < 1.29 is 41.7 Å². The van der Waals surface area contributed by atoms with Crippen LogP contribution in [0.5, 0.6) is 28.7 Å². The molecule has 0 radical (unpaired) electrons. The van der Waals surface area contributed by atoms with Gasteiger partial charge in [-0.05, 0) is 25.1 Å². The Morgan fingerprint density at radius 3 is 2.16 bits per heavy atom. The number of ether oxygens (including phenoxy) is 5. The zero-order valence-electron chi connectivity index (χ0n) is 20.6. The first-order chi connectivity index (χ1) is 18.0. The van der Waals surface area contributed by atoms with Crippen molar-refractivity contribution in [1.29, 1.82) is 0 Å². The van der Waals surface area contributed by atoms with Gasteiger partial charge in [-0.3, -0.25) is 15.1 Å². The van der Waals surface area contributed by atoms with Crippen LogP contribution in [0.4, 0.5) is 25.1 Å². The fourth-order valence-corrected chi connectivity index (χ4v) is 3.70. The van der Waals surface area contributed by atoms with Crippen molar-refractivity contribution in [3.05, 3.63) is 34.2 Å². The topological polar surface area (TPSA) is 147 Å². The number of anilines is 2. The lowest BCUT2D eigenvalue weighted by atomic mass is 10.1. The number of nitrogens with zero attached hydrogens (tertiary/aromatic N) is 3. The van der Waals surface area contributed by atoms with Crippen LogP contribution in [-0.2, 0) is 4.79 Å². The molecule has 4 rings (SSSR count). The highest BCUT2D eigenvalue weighted by Crippen LogP contribution is 2.43. The summed E-state index contributed by atoms with van der Waals surface area (Å²) in [6.45, 7) is 1.71. The van der Waals surface area contributed by atoms with E-state index >= 15 is 0 Å². The smallest absolute Gasteiger partial charge is 0.491 e. The molecule has 0 atom stereocenters. The second kappa shape index (κ2) is 9.91. The van der Waals surface area contributed by atoms with E-state index in [4.69, 9.17) is 18.9 Å². The molecule has 0 saturated carbocycles. The number of carbonyl (C=O) groups is 1. The highest BCUT2D eigenvalue weighted by molar-refractivity contribution is 5.94. The molecule has 4 aromatic rings. The molecule has 38 heavy (non-hydrogen) atoms. The highest BCUT2D eigenvalue weighted by Gasteiger charge is 2.41. The van der Waals surface area contributed by atoms with E-state index in [2.05, 4.69) is 30.0 Å². The molecule has 15 heteroatoms. The molecule has 0 aliphatic rings. The molecule has 0 aliphatic carbocycles. The molecule has 12 nitrogen and oxygen atoms in total. The number of esters is 1. The third-order valence-corrected chi connectivity index (χ3v) is 5.35. The molecule has 2 aromatic heterocycles. The summed E-state index contributed by atoms with van der Waals surface area (Å²) < 4.78 is 64.0. The average molecular weight is 535 g/mol. The summed E-state index contributed by atoms with van der Waals surface area (Å²) in [5, 5.41) is 2.93. The fourth-order valence-electron chi connectivity index (χ4n) is 3.70. The van der Waals surface area contributed by atoms with Crippen LogP contribution >= 0.6 is 0 Å². The number of H-pyrrole nitrogens is 1. The number of alkyl halides is 3. The fraction of sp³-hybridized carbons (Fsp3) is 0.261. The normalized spacial score (nSPS) is 11.4. The number of hydrogen-bond donors (Lipinski definition) is 2. The largest absolute Gasteiger partial charge is 0.494 e. The summed E-state index contributed by atoms with van der Waals surface area (Å²) >= 11 is 0. The molecule has 2 aromatic carbocycles. The number of hydrogen-bond acceptors (Lipinski definition) is 11. The van der Waals surface area contributed by atoms with Crippen LogP contribution in [-0.4, -0.2) is 60.5 Å². The van der Waals surface area contributed by atoms with Gasteiger partial charge in [0.1, 0.15) is 27.9 Å². The molecule has 0 unspecified atom stereocenters. The predicted molar refractivity (Wildman–Crippen MR) is 128 cm³/mol. The van der Waals surface area contributed by atoms with Crippen molar-refractivity contribution in [3.8, 4) is 28.7 Å². The van der Waals surface area contributed by atoms with Gasteiger partial charge in [0, 0.05) is 5.39 Å². The van der Waals surface area contributed by atoms with E-state index in [0.29, 0.717) is 28.1 Å². The van der Waals surface area contributed by atoms with Gasteiger partial charge in [-0.1, -0.05) is 0 Å². The van der Waals surface area contributed by atoms with Crippen LogP contribution in [0.1, 0.15) is 5.69 Å². The Bertz CT molecular complexity index is 1620. The van der Waals surface area contributed by atoms with E-state index < -0.39 is 28.8 Å². The predicted octanol–water partition coefficient (Wildman–Crippen LogP) is 3.42. The Hall–Kier alpha value is -4.82. The standard InChI is InChI=1S/C23H20F3N5O7/c1-9-10-8-13(35-3)17(36-4)18(37-5)15(10)28-21(27-9)31-22-29-16-12(34-2)7-6-11(14(16)19(32)30-22)38-20(33)23(24,25)26/h6-8H,1-5H3,(H2,27,28,29,30,31,32). The summed E-state index contributed by atoms with van der Waals surface area (Å²) in [5.41, 5.74) is -0.211. The maximum Gasteiger partial charge on any atom is 0.491 e. The first-order valence-electron chi connectivity index (χ1n) is 10.7. The number of rotatable bonds is 7. The number of benzene rings is 2. The summed E-state index contributed by atoms with van der Waals surface area (Å²) in [6, 6.07) is 3.89. The van der Waals surface area contributed by atoms with Crippen molar-refractivity contribution in [2.75, 3.05) is 33.8 Å². The molecule has 0 amide bonds. The van der Waals surface area contributed by atoms with Gasteiger partial charge in [0.2, 0.25) is 17.6 Å². The lowest BCUT2D eigenvalue weighted by Crippen LogP contribution is -2.28. The number of halogens is 3. The molecule has 0 fully saturated rings. The van der Waals surface area contributed by atoms with Crippen LogP contribution < -0.4 is 34.6 Å². The van der Waals surface area contributed by atoms with Gasteiger partial charge in [-0.15, -0.1) is 0 Å². The van der Waals surface area contributed by atoms with Gasteiger partial charge in [-0.2, -0.15) is 13.2 Å². The third-order valence-electron chi connectivity index (χ3n) is 5.35. The number of methoxy groups -OCH3 is 4. The first kappa shape index (κ1) is 26.2. The van der Waals surface area contributed by atoms with E-state index in [-0.39, 0.29) is 28.9 Å². The molecule has 2 N–H and O–H groups in total. The molecule has 0 spiro atoms. The Balaban J connectivity index is 1.84. The number of nitrogens with one attached hydrogen (secondary N) is 2. The monoisotopic (exact) mass is 535 g/mol. The van der Waals surface area contributed by atoms with Gasteiger partial charge in [0.15, 0.2) is 11.5 Å². The molecular weight excluding hydrogens is 515 g/mol. The minimum Gasteiger partial charge on any atom is -0.494 e. The molecule has 0 saturated heterocycles. The zero-order chi connectivity index (χ0) is 27.8. The molecule has 200 valence electrons. The van der Waals surface area contributed by atoms with Crippen LogP contribution in [0.15, 0.2) is 23.0 Å². The number of carbonyl (C=O) groups excluding carboxylic acids is 1. The van der Waals surface area contributed by atoms with Crippen LogP contribution in [0.25, 0.3) is 21.8 Å². The lowest BCUT2D eigenvalue weighted by molar-refractivity contribution is -0.189. The molecule has 0 bridgehead atoms. The number of aromatic amines is 1. The van der Waals surface area contributed by atoms with Crippen LogP contribution in [0.3, 0.4) is 0 Å². The van der Waals surface area contributed by atoms with Crippen LogP contribution in [0.2, 0.25) is 0 Å². The first-order valence-corrected chi connectivity index (χ1v) is 10.7. The number of aryl methyl sites for hydroxylation is 1. The summed E-state index contributed by atoms with van der Waals surface area (Å²) in [4.78, 5) is 39.7. The zero-order valence-corrected chi connectivity index (χ0v) is 20.6. The van der Waals surface area contributed by atoms with E-state index in [1.165, 1.54) is 34.5 Å². The Kier molecular flexibility index (Phi) is 6.85. The highest BCUT2D eigenvalue weighted by atomic mass is 19.4. The number of aromatic nitrogens is 4. The second-order valence-corrected chi connectivity index (χ2v) is 7.59. The maximum atomic E-state index is 12.9. The summed E-state index contributed by atoms with van der Waals surface area (Å²) in [5.74, 6) is -2.30. The van der Waals surface area contributed by atoms with Gasteiger partial charge < -0.3 is 23.7 Å².